The van der Waals surface area contributed by atoms with E-state index in [1.807, 2.05) is 50.2 Å². The fourth-order valence-electron chi connectivity index (χ4n) is 6.71. The van der Waals surface area contributed by atoms with Crippen LogP contribution in [0.15, 0.2) is 84.9 Å². The van der Waals surface area contributed by atoms with E-state index in [2.05, 4.69) is 13.8 Å². The Morgan fingerprint density at radius 3 is 1.47 bits per heavy atom. The zero-order valence-electron chi connectivity index (χ0n) is 30.9. The highest BCUT2D eigenvalue weighted by molar-refractivity contribution is 6.32. The number of rotatable bonds is 10. The number of carbonyl (C=O) groups excluding carboxylic acids is 2. The van der Waals surface area contributed by atoms with Crippen LogP contribution in [-0.2, 0) is 23.9 Å². The van der Waals surface area contributed by atoms with E-state index in [4.69, 9.17) is 55.9 Å². The van der Waals surface area contributed by atoms with E-state index in [0.717, 1.165) is 16.8 Å². The number of halogens is 4. The van der Waals surface area contributed by atoms with Crippen LogP contribution in [0.25, 0.3) is 0 Å². The molecule has 0 saturated carbocycles. The summed E-state index contributed by atoms with van der Waals surface area (Å²) < 4.78 is 12.3. The van der Waals surface area contributed by atoms with Gasteiger partial charge in [0.05, 0.1) is 6.42 Å². The van der Waals surface area contributed by atoms with Crippen molar-refractivity contribution >= 4 is 75.6 Å². The van der Waals surface area contributed by atoms with Gasteiger partial charge in [-0.15, -0.1) is 0 Å². The van der Waals surface area contributed by atoms with Crippen molar-refractivity contribution in [3.05, 3.63) is 127 Å². The van der Waals surface area contributed by atoms with Gasteiger partial charge in [0.1, 0.15) is 24.4 Å². The number of carbonyl (C=O) groups is 3. The van der Waals surface area contributed by atoms with Crippen LogP contribution in [0.2, 0.25) is 20.1 Å². The predicted octanol–water partition coefficient (Wildman–Crippen LogP) is 9.80. The van der Waals surface area contributed by atoms with Crippen LogP contribution in [-0.4, -0.2) is 59.9 Å². The molecule has 292 valence electrons. The van der Waals surface area contributed by atoms with Gasteiger partial charge in [0, 0.05) is 79.8 Å². The van der Waals surface area contributed by atoms with Gasteiger partial charge in [0.2, 0.25) is 0 Å². The monoisotopic (exact) mass is 828 g/mol. The number of nitrogens with zero attached hydrogens (tertiary/aromatic N) is 2. The maximum atomic E-state index is 13.2. The molecule has 0 saturated heterocycles. The average molecular weight is 831 g/mol. The lowest BCUT2D eigenvalue weighted by Crippen LogP contribution is -2.42. The second kappa shape index (κ2) is 19.0. The number of aliphatic carboxylic acids is 1. The first-order valence-corrected chi connectivity index (χ1v) is 19.5. The molecule has 2 heterocycles. The third kappa shape index (κ3) is 10.2. The van der Waals surface area contributed by atoms with E-state index >= 15 is 0 Å². The van der Waals surface area contributed by atoms with Crippen molar-refractivity contribution < 1.29 is 34.1 Å². The minimum Gasteiger partial charge on any atom is -0.481 e. The summed E-state index contributed by atoms with van der Waals surface area (Å²) >= 11 is 25.4. The van der Waals surface area contributed by atoms with Gasteiger partial charge < -0.3 is 29.5 Å². The van der Waals surface area contributed by atoms with Gasteiger partial charge in [0.15, 0.2) is 0 Å². The minimum atomic E-state index is -1.14. The van der Waals surface area contributed by atoms with Crippen LogP contribution < -0.4 is 9.80 Å². The second-order valence-electron chi connectivity index (χ2n) is 14.3. The highest BCUT2D eigenvalue weighted by Crippen LogP contribution is 2.43. The lowest BCUT2D eigenvalue weighted by molar-refractivity contribution is -0.146. The van der Waals surface area contributed by atoms with E-state index < -0.39 is 36.8 Å². The molecule has 2 amide bonds. The van der Waals surface area contributed by atoms with Gasteiger partial charge in [-0.05, 0) is 60.4 Å². The molecule has 0 fully saturated rings. The summed E-state index contributed by atoms with van der Waals surface area (Å²) in [6, 6.07) is 25.2. The van der Waals surface area contributed by atoms with E-state index in [9.17, 15) is 24.6 Å². The predicted molar refractivity (Wildman–Crippen MR) is 218 cm³/mol. The standard InChI is InChI=1S/C21H21Cl2NO4.C21H23Cl2NO3/c1-12(2)11-24-17-8-7-13(22)9-15(17)20(14-5-3-4-6-16(14)23)28-18(21(24)27)10-19(25)26;1-13(2)12-24-18-8-7-14(22)11-16(18)20(15-5-3-4-6-17(15)23)27-19(9-10-25)21(24)26/h3-9,12,18,20H,10-11H2,1-2H3,(H,25,26);3-8,11,13,19-20,25H,9-10,12H2,1-2H3/t18-,20-;19-,20-/m00/s1. The Balaban J connectivity index is 0.000000211. The maximum absolute atomic E-state index is 13.2. The third-order valence-electron chi connectivity index (χ3n) is 9.03. The summed E-state index contributed by atoms with van der Waals surface area (Å²) in [5, 5.41) is 20.9. The van der Waals surface area contributed by atoms with E-state index in [1.54, 1.807) is 58.3 Å². The van der Waals surface area contributed by atoms with Crippen LogP contribution in [0.4, 0.5) is 11.4 Å². The molecule has 2 N–H and O–H groups in total. The van der Waals surface area contributed by atoms with Crippen molar-refractivity contribution in [2.24, 2.45) is 11.8 Å². The lowest BCUT2D eigenvalue weighted by Gasteiger charge is -2.26. The quantitative estimate of drug-likeness (QED) is 0.164. The zero-order valence-corrected chi connectivity index (χ0v) is 33.9. The Morgan fingerprint density at radius 1 is 0.655 bits per heavy atom. The molecule has 0 bridgehead atoms. The maximum Gasteiger partial charge on any atom is 0.306 e. The van der Waals surface area contributed by atoms with Gasteiger partial charge in [-0.3, -0.25) is 14.4 Å². The number of hydrogen-bond donors (Lipinski definition) is 2. The van der Waals surface area contributed by atoms with Crippen LogP contribution in [0, 0.1) is 11.8 Å². The fourth-order valence-corrected chi connectivity index (χ4v) is 7.54. The summed E-state index contributed by atoms with van der Waals surface area (Å²) in [7, 11) is 0. The summed E-state index contributed by atoms with van der Waals surface area (Å²) in [6.07, 6.45) is -3.38. The molecule has 13 heteroatoms. The molecule has 0 aliphatic carbocycles. The van der Waals surface area contributed by atoms with Crippen molar-refractivity contribution in [1.82, 2.24) is 0 Å². The highest BCUT2D eigenvalue weighted by atomic mass is 35.5. The van der Waals surface area contributed by atoms with Crippen LogP contribution >= 0.6 is 46.4 Å². The van der Waals surface area contributed by atoms with Crippen LogP contribution in [0.3, 0.4) is 0 Å². The molecular weight excluding hydrogens is 786 g/mol. The number of carboxylic acids is 1. The van der Waals surface area contributed by atoms with Gasteiger partial charge in [-0.25, -0.2) is 0 Å². The number of carboxylic acid groups (broad SMARTS) is 1. The zero-order chi connectivity index (χ0) is 40.0. The first-order valence-electron chi connectivity index (χ1n) is 18.0. The second-order valence-corrected chi connectivity index (χ2v) is 15.9. The molecule has 0 aromatic heterocycles. The summed E-state index contributed by atoms with van der Waals surface area (Å²) in [5.74, 6) is -1.20. The number of amides is 2. The number of aliphatic hydroxyl groups excluding tert-OH is 1. The normalized spacial score (nSPS) is 19.7. The first kappa shape index (κ1) is 42.5. The molecule has 4 aromatic carbocycles. The smallest absolute Gasteiger partial charge is 0.306 e. The Labute approximate surface area is 341 Å². The van der Waals surface area contributed by atoms with Gasteiger partial charge >= 0.3 is 5.97 Å². The highest BCUT2D eigenvalue weighted by Gasteiger charge is 2.39. The molecule has 9 nitrogen and oxygen atoms in total. The first-order chi connectivity index (χ1) is 26.2. The third-order valence-corrected chi connectivity index (χ3v) is 10.2. The molecule has 4 atom stereocenters. The van der Waals surface area contributed by atoms with Crippen LogP contribution in [0.1, 0.15) is 75.0 Å². The van der Waals surface area contributed by atoms with Crippen molar-refractivity contribution in [3.63, 3.8) is 0 Å². The van der Waals surface area contributed by atoms with Crippen molar-refractivity contribution in [1.29, 1.82) is 0 Å². The lowest BCUT2D eigenvalue weighted by atomic mass is 9.99. The topological polar surface area (TPSA) is 117 Å². The van der Waals surface area contributed by atoms with Crippen LogP contribution in [0.5, 0.6) is 0 Å². The molecule has 2 aliphatic rings. The van der Waals surface area contributed by atoms with E-state index in [1.165, 1.54) is 0 Å². The molecule has 4 aromatic rings. The molecular formula is C42H44Cl4N2O7. The Hall–Kier alpha value is -3.67. The average Bonchev–Trinajstić information content (AvgIpc) is 3.30. The Kier molecular flexibility index (Phi) is 14.7. The largest absolute Gasteiger partial charge is 0.481 e. The van der Waals surface area contributed by atoms with E-state index in [-0.39, 0.29) is 36.7 Å². The SMILES string of the molecule is CC(C)CN1C(=O)[C@H](CC(=O)O)O[C@@H](c2ccccc2Cl)c2cc(Cl)ccc21.CC(C)CN1C(=O)[C@H](CCO)O[C@@H](c2ccccc2Cl)c2cc(Cl)ccc21. The number of aliphatic hydroxyl groups is 1. The van der Waals surface area contributed by atoms with Crippen molar-refractivity contribution in [2.75, 3.05) is 29.5 Å². The number of hydrogen-bond acceptors (Lipinski definition) is 6. The Morgan fingerprint density at radius 2 is 1.07 bits per heavy atom. The Bertz CT molecular complexity index is 2010. The molecule has 0 radical (unpaired) electrons. The number of fused-ring (bicyclic) bond motifs is 2. The molecule has 2 aliphatic heterocycles. The molecule has 6 rings (SSSR count). The van der Waals surface area contributed by atoms with E-state index in [0.29, 0.717) is 50.0 Å². The minimum absolute atomic E-state index is 0.141. The van der Waals surface area contributed by atoms with Gasteiger partial charge in [-0.2, -0.15) is 0 Å². The summed E-state index contributed by atoms with van der Waals surface area (Å²) in [6.45, 7) is 8.94. The summed E-state index contributed by atoms with van der Waals surface area (Å²) in [4.78, 5) is 41.1. The number of ether oxygens (including phenoxy) is 2. The summed E-state index contributed by atoms with van der Waals surface area (Å²) in [5.41, 5.74) is 4.32. The number of anilines is 2. The molecule has 0 unspecified atom stereocenters. The number of benzene rings is 4. The molecule has 55 heavy (non-hydrogen) atoms. The van der Waals surface area contributed by atoms with Crippen molar-refractivity contribution in [2.45, 2.75) is 65.0 Å². The van der Waals surface area contributed by atoms with Gasteiger partial charge in [-0.1, -0.05) is 110 Å². The molecule has 0 spiro atoms. The fraction of sp³-hybridized carbons (Fsp3) is 0.357. The van der Waals surface area contributed by atoms with Gasteiger partial charge in [0.25, 0.3) is 11.8 Å². The van der Waals surface area contributed by atoms with Crippen molar-refractivity contribution in [3.8, 4) is 0 Å².